The van der Waals surface area contributed by atoms with Gasteiger partial charge in [-0.25, -0.2) is 13.6 Å². The van der Waals surface area contributed by atoms with Gasteiger partial charge in [-0.1, -0.05) is 60.7 Å². The second-order valence-corrected chi connectivity index (χ2v) is 6.34. The zero-order valence-electron chi connectivity index (χ0n) is 16.3. The average molecular weight is 424 g/mol. The number of ether oxygens (including phenoxy) is 3. The lowest BCUT2D eigenvalue weighted by Gasteiger charge is -2.15. The molecule has 5 nitrogen and oxygen atoms in total. The lowest BCUT2D eigenvalue weighted by atomic mass is 10.1. The number of carbonyl (C=O) groups is 2. The third-order valence-electron chi connectivity index (χ3n) is 4.23. The number of rotatable bonds is 9. The Balaban J connectivity index is 1.95. The Morgan fingerprint density at radius 1 is 0.903 bits per heavy atom. The van der Waals surface area contributed by atoms with Crippen molar-refractivity contribution in [3.05, 3.63) is 107 Å². The van der Waals surface area contributed by atoms with Gasteiger partial charge in [-0.3, -0.25) is 4.79 Å². The highest BCUT2D eigenvalue weighted by Gasteiger charge is 2.26. The number of halogens is 2. The van der Waals surface area contributed by atoms with Crippen molar-refractivity contribution < 1.29 is 32.6 Å². The van der Waals surface area contributed by atoms with Crippen molar-refractivity contribution in [1.29, 1.82) is 0 Å². The van der Waals surface area contributed by atoms with E-state index in [-0.39, 0.29) is 31.0 Å². The van der Waals surface area contributed by atoms with Crippen LogP contribution >= 0.6 is 0 Å². The van der Waals surface area contributed by atoms with Gasteiger partial charge in [0.15, 0.2) is 11.6 Å². The van der Waals surface area contributed by atoms with E-state index in [1.165, 1.54) is 6.08 Å². The van der Waals surface area contributed by atoms with Crippen LogP contribution in [0.15, 0.2) is 73.0 Å². The van der Waals surface area contributed by atoms with Gasteiger partial charge in [0.25, 0.3) is 6.47 Å². The summed E-state index contributed by atoms with van der Waals surface area (Å²) in [5.41, 5.74) is 0.745. The third-order valence-corrected chi connectivity index (χ3v) is 4.23. The molecule has 0 aliphatic rings. The molecule has 3 aromatic carbocycles. The fourth-order valence-electron chi connectivity index (χ4n) is 2.76. The first-order valence-corrected chi connectivity index (χ1v) is 9.25. The largest absolute Gasteiger partial charge is 0.487 e. The molecule has 3 aromatic rings. The summed E-state index contributed by atoms with van der Waals surface area (Å²) in [6.07, 6.45) is 2.15. The van der Waals surface area contributed by atoms with E-state index in [2.05, 4.69) is 4.74 Å². The van der Waals surface area contributed by atoms with Gasteiger partial charge in [-0.05, 0) is 23.3 Å². The normalized spacial score (nSPS) is 10.6. The van der Waals surface area contributed by atoms with Crippen LogP contribution in [0.1, 0.15) is 27.0 Å². The first kappa shape index (κ1) is 21.7. The summed E-state index contributed by atoms with van der Waals surface area (Å²) in [6, 6.07) is 18.6. The Kier molecular flexibility index (Phi) is 7.48. The topological polar surface area (TPSA) is 61.8 Å². The average Bonchev–Trinajstić information content (AvgIpc) is 2.80. The van der Waals surface area contributed by atoms with Crippen molar-refractivity contribution in [1.82, 2.24) is 0 Å². The van der Waals surface area contributed by atoms with Gasteiger partial charge >= 0.3 is 5.97 Å². The zero-order valence-corrected chi connectivity index (χ0v) is 16.3. The van der Waals surface area contributed by atoms with Crippen LogP contribution in [0.4, 0.5) is 8.78 Å². The van der Waals surface area contributed by atoms with Crippen molar-refractivity contribution in [2.45, 2.75) is 13.2 Å². The maximum Gasteiger partial charge on any atom is 0.345 e. The monoisotopic (exact) mass is 424 g/mol. The van der Waals surface area contributed by atoms with E-state index >= 15 is 0 Å². The standard InChI is InChI=1S/C24H18F2O5/c25-20-13-19(11-12-29-16-27)23(30-14-17-7-3-1-4-8-17)21(22(20)26)24(28)31-15-18-9-5-2-6-10-18/h1-13,16H,14-15H2/b12-11+. The third kappa shape index (κ3) is 5.76. The summed E-state index contributed by atoms with van der Waals surface area (Å²) >= 11 is 0. The molecule has 0 N–H and O–H groups in total. The maximum atomic E-state index is 14.7. The highest BCUT2D eigenvalue weighted by molar-refractivity contribution is 5.94. The molecule has 0 saturated carbocycles. The molecule has 0 spiro atoms. The lowest BCUT2D eigenvalue weighted by Crippen LogP contribution is -2.13. The van der Waals surface area contributed by atoms with E-state index in [1.54, 1.807) is 54.6 Å². The Morgan fingerprint density at radius 3 is 2.13 bits per heavy atom. The smallest absolute Gasteiger partial charge is 0.345 e. The van der Waals surface area contributed by atoms with Crippen molar-refractivity contribution in [3.8, 4) is 5.75 Å². The maximum absolute atomic E-state index is 14.7. The minimum absolute atomic E-state index is 0.00309. The van der Waals surface area contributed by atoms with Gasteiger partial charge in [-0.2, -0.15) is 0 Å². The quantitative estimate of drug-likeness (QED) is 0.273. The molecule has 0 radical (unpaired) electrons. The molecule has 31 heavy (non-hydrogen) atoms. The summed E-state index contributed by atoms with van der Waals surface area (Å²) in [6.45, 7) is 0.0172. The van der Waals surface area contributed by atoms with Crippen molar-refractivity contribution in [3.63, 3.8) is 0 Å². The summed E-state index contributed by atoms with van der Waals surface area (Å²) in [7, 11) is 0. The summed E-state index contributed by atoms with van der Waals surface area (Å²) in [5, 5.41) is 0. The highest BCUT2D eigenvalue weighted by atomic mass is 19.2. The number of esters is 1. The molecule has 7 heteroatoms. The Morgan fingerprint density at radius 2 is 1.52 bits per heavy atom. The van der Waals surface area contributed by atoms with Crippen LogP contribution < -0.4 is 4.74 Å². The SMILES string of the molecule is O=CO/C=C/c1cc(F)c(F)c(C(=O)OCc2ccccc2)c1OCc1ccccc1. The van der Waals surface area contributed by atoms with Crippen molar-refractivity contribution in [2.24, 2.45) is 0 Å². The van der Waals surface area contributed by atoms with Gasteiger partial charge < -0.3 is 14.2 Å². The van der Waals surface area contributed by atoms with Gasteiger partial charge in [0.2, 0.25) is 0 Å². The molecule has 158 valence electrons. The predicted molar refractivity (Wildman–Crippen MR) is 109 cm³/mol. The first-order valence-electron chi connectivity index (χ1n) is 9.25. The predicted octanol–water partition coefficient (Wildman–Crippen LogP) is 5.04. The van der Waals surface area contributed by atoms with Gasteiger partial charge in [-0.15, -0.1) is 0 Å². The van der Waals surface area contributed by atoms with Crippen molar-refractivity contribution >= 4 is 18.5 Å². The number of hydrogen-bond donors (Lipinski definition) is 0. The fraction of sp³-hybridized carbons (Fsp3) is 0.0833. The molecule has 0 aromatic heterocycles. The molecule has 0 aliphatic carbocycles. The van der Waals surface area contributed by atoms with Crippen molar-refractivity contribution in [2.75, 3.05) is 0 Å². The van der Waals surface area contributed by atoms with Gasteiger partial charge in [0.05, 0.1) is 6.26 Å². The molecule has 0 heterocycles. The molecule has 0 atom stereocenters. The summed E-state index contributed by atoms with van der Waals surface area (Å²) in [5.74, 6) is -3.99. The van der Waals surface area contributed by atoms with Crippen LogP contribution in [0.5, 0.6) is 5.75 Å². The highest BCUT2D eigenvalue weighted by Crippen LogP contribution is 2.32. The number of carbonyl (C=O) groups excluding carboxylic acids is 2. The second kappa shape index (κ2) is 10.7. The van der Waals surface area contributed by atoms with Crippen LogP contribution in [-0.4, -0.2) is 12.4 Å². The van der Waals surface area contributed by atoms with E-state index in [4.69, 9.17) is 9.47 Å². The van der Waals surface area contributed by atoms with E-state index in [9.17, 15) is 18.4 Å². The molecular formula is C24H18F2O5. The summed E-state index contributed by atoms with van der Waals surface area (Å²) < 4.78 is 44.3. The number of hydrogen-bond acceptors (Lipinski definition) is 5. The molecule has 0 amide bonds. The van der Waals surface area contributed by atoms with E-state index < -0.39 is 23.2 Å². The minimum atomic E-state index is -1.39. The molecule has 0 saturated heterocycles. The minimum Gasteiger partial charge on any atom is -0.487 e. The van der Waals surface area contributed by atoms with E-state index in [0.717, 1.165) is 17.9 Å². The first-order chi connectivity index (χ1) is 15.1. The van der Waals surface area contributed by atoms with Crippen LogP contribution in [0.25, 0.3) is 6.08 Å². The Labute approximate surface area is 177 Å². The molecule has 0 bridgehead atoms. The molecule has 3 rings (SSSR count). The van der Waals surface area contributed by atoms with Crippen LogP contribution in [0.2, 0.25) is 0 Å². The van der Waals surface area contributed by atoms with E-state index in [0.29, 0.717) is 5.56 Å². The van der Waals surface area contributed by atoms with Crippen LogP contribution in [-0.2, 0) is 27.5 Å². The van der Waals surface area contributed by atoms with Crippen LogP contribution in [0, 0.1) is 11.6 Å². The lowest BCUT2D eigenvalue weighted by molar-refractivity contribution is -0.123. The number of benzene rings is 3. The van der Waals surface area contributed by atoms with Gasteiger partial charge in [0, 0.05) is 5.56 Å². The zero-order chi connectivity index (χ0) is 22.1. The Hall–Kier alpha value is -4.00. The molecule has 0 unspecified atom stereocenters. The Bertz CT molecular complexity index is 1070. The van der Waals surface area contributed by atoms with Crippen LogP contribution in [0.3, 0.4) is 0 Å². The second-order valence-electron chi connectivity index (χ2n) is 6.34. The summed E-state index contributed by atoms with van der Waals surface area (Å²) in [4.78, 5) is 23.1. The molecule has 0 fully saturated rings. The van der Waals surface area contributed by atoms with E-state index in [1.807, 2.05) is 6.07 Å². The molecule has 0 aliphatic heterocycles. The fourth-order valence-corrected chi connectivity index (χ4v) is 2.76. The van der Waals surface area contributed by atoms with Gasteiger partial charge in [0.1, 0.15) is 24.5 Å². The molecular weight excluding hydrogens is 406 g/mol.